The van der Waals surface area contributed by atoms with Crippen molar-refractivity contribution in [1.82, 2.24) is 20.2 Å². The van der Waals surface area contributed by atoms with Crippen molar-refractivity contribution in [2.45, 2.75) is 38.5 Å². The molecule has 0 radical (unpaired) electrons. The van der Waals surface area contributed by atoms with Crippen LogP contribution in [0.15, 0.2) is 42.7 Å². The lowest BCUT2D eigenvalue weighted by Crippen LogP contribution is -2.33. The molecule has 6 nitrogen and oxygen atoms in total. The maximum absolute atomic E-state index is 13.3. The van der Waals surface area contributed by atoms with Gasteiger partial charge in [0.2, 0.25) is 5.91 Å². The number of hydrogen-bond donors (Lipinski definition) is 2. The first-order chi connectivity index (χ1) is 14.1. The number of carbonyl (C=O) groups is 1. The molecular weight excluding hydrogens is 362 g/mol. The van der Waals surface area contributed by atoms with Crippen molar-refractivity contribution in [2.75, 3.05) is 4.90 Å². The number of aryl methyl sites for hydroxylation is 2. The van der Waals surface area contributed by atoms with Crippen LogP contribution in [-0.4, -0.2) is 26.1 Å². The molecule has 0 bridgehead atoms. The number of nitrogens with one attached hydrogen (secondary N) is 2. The summed E-state index contributed by atoms with van der Waals surface area (Å²) >= 11 is 0. The van der Waals surface area contributed by atoms with E-state index in [1.165, 1.54) is 16.5 Å². The fourth-order valence-electron chi connectivity index (χ4n) is 4.83. The molecule has 1 amide bonds. The molecule has 0 fully saturated rings. The summed E-state index contributed by atoms with van der Waals surface area (Å²) in [6.07, 6.45) is 6.82. The van der Waals surface area contributed by atoms with Gasteiger partial charge < -0.3 is 4.98 Å². The highest BCUT2D eigenvalue weighted by molar-refractivity contribution is 6.14. The second-order valence-corrected chi connectivity index (χ2v) is 8.46. The van der Waals surface area contributed by atoms with Gasteiger partial charge >= 0.3 is 0 Å². The molecule has 6 heteroatoms. The van der Waals surface area contributed by atoms with Crippen LogP contribution in [0.5, 0.6) is 0 Å². The monoisotopic (exact) mass is 383 g/mol. The molecule has 0 saturated heterocycles. The van der Waals surface area contributed by atoms with E-state index in [2.05, 4.69) is 32.3 Å². The molecule has 29 heavy (non-hydrogen) atoms. The van der Waals surface area contributed by atoms with Crippen LogP contribution in [0.25, 0.3) is 22.3 Å². The lowest BCUT2D eigenvalue weighted by Gasteiger charge is -2.19. The first kappa shape index (κ1) is 16.5. The third-order valence-corrected chi connectivity index (χ3v) is 6.38. The normalized spacial score (nSPS) is 17.2. The number of amides is 1. The van der Waals surface area contributed by atoms with E-state index in [0.29, 0.717) is 5.82 Å². The molecule has 0 atom stereocenters. The highest BCUT2D eigenvalue weighted by Crippen LogP contribution is 2.48. The SMILES string of the molecule is CC1(C)C(=O)N(c2ccccn2)c2cc3c4c([nH]c3cc21)-c1n[nH]cc1CCC4. The number of nitrogens with zero attached hydrogens (tertiary/aromatic N) is 3. The Morgan fingerprint density at radius 1 is 1.17 bits per heavy atom. The van der Waals surface area contributed by atoms with Crippen molar-refractivity contribution >= 4 is 28.3 Å². The standard InChI is InChI=1S/C23H21N5O/c1-23(2)16-11-17-15(10-18(16)28(22(23)29)19-8-3-4-9-24-19)14-7-5-6-13-12-25-27-20(13)21(14)26-17/h3-4,8-12,26H,5-7H2,1-2H3,(H,25,27). The largest absolute Gasteiger partial charge is 0.353 e. The topological polar surface area (TPSA) is 77.7 Å². The van der Waals surface area contributed by atoms with E-state index in [1.54, 1.807) is 11.1 Å². The Bertz CT molecular complexity index is 1280. The third kappa shape index (κ3) is 2.14. The Kier molecular flexibility index (Phi) is 3.17. The fraction of sp³-hybridized carbons (Fsp3) is 0.261. The van der Waals surface area contributed by atoms with Crippen molar-refractivity contribution in [2.24, 2.45) is 0 Å². The van der Waals surface area contributed by atoms with Crippen LogP contribution < -0.4 is 4.90 Å². The van der Waals surface area contributed by atoms with E-state index in [1.807, 2.05) is 38.2 Å². The van der Waals surface area contributed by atoms with E-state index in [4.69, 9.17) is 0 Å². The predicted octanol–water partition coefficient (Wildman–Crippen LogP) is 4.40. The second kappa shape index (κ2) is 5.56. The molecule has 1 aliphatic heterocycles. The van der Waals surface area contributed by atoms with E-state index >= 15 is 0 Å². The minimum absolute atomic E-state index is 0.0551. The quantitative estimate of drug-likeness (QED) is 0.511. The van der Waals surface area contributed by atoms with Crippen molar-refractivity contribution in [3.8, 4) is 11.4 Å². The van der Waals surface area contributed by atoms with E-state index < -0.39 is 5.41 Å². The molecule has 2 aliphatic rings. The van der Waals surface area contributed by atoms with Crippen LogP contribution in [0.2, 0.25) is 0 Å². The maximum atomic E-state index is 13.3. The summed E-state index contributed by atoms with van der Waals surface area (Å²) in [5.41, 5.74) is 7.07. The van der Waals surface area contributed by atoms with Crippen LogP contribution in [-0.2, 0) is 23.1 Å². The number of pyridine rings is 1. The number of H-pyrrole nitrogens is 2. The lowest BCUT2D eigenvalue weighted by atomic mass is 9.85. The summed E-state index contributed by atoms with van der Waals surface area (Å²) in [6, 6.07) is 9.99. The van der Waals surface area contributed by atoms with Gasteiger partial charge in [-0.1, -0.05) is 6.07 Å². The highest BCUT2D eigenvalue weighted by atomic mass is 16.2. The van der Waals surface area contributed by atoms with Gasteiger partial charge in [-0.2, -0.15) is 5.10 Å². The second-order valence-electron chi connectivity index (χ2n) is 8.46. The van der Waals surface area contributed by atoms with Crippen LogP contribution >= 0.6 is 0 Å². The van der Waals surface area contributed by atoms with Gasteiger partial charge in [-0.05, 0) is 74.1 Å². The number of hydrogen-bond acceptors (Lipinski definition) is 3. The summed E-state index contributed by atoms with van der Waals surface area (Å²) in [7, 11) is 0. The van der Waals surface area contributed by atoms with Crippen molar-refractivity contribution in [1.29, 1.82) is 0 Å². The molecule has 1 aliphatic carbocycles. The third-order valence-electron chi connectivity index (χ3n) is 6.38. The van der Waals surface area contributed by atoms with Gasteiger partial charge in [0.05, 0.1) is 16.8 Å². The predicted molar refractivity (Wildman–Crippen MR) is 112 cm³/mol. The van der Waals surface area contributed by atoms with Crippen molar-refractivity contribution in [3.05, 3.63) is 59.4 Å². The Labute approximate surface area is 168 Å². The van der Waals surface area contributed by atoms with Gasteiger partial charge in [-0.25, -0.2) is 4.98 Å². The number of aromatic amines is 2. The summed E-state index contributed by atoms with van der Waals surface area (Å²) < 4.78 is 0. The van der Waals surface area contributed by atoms with Gasteiger partial charge in [-0.15, -0.1) is 0 Å². The van der Waals surface area contributed by atoms with Crippen molar-refractivity contribution < 1.29 is 4.79 Å². The smallest absolute Gasteiger partial charge is 0.242 e. The Hall–Kier alpha value is -3.41. The molecule has 4 aromatic rings. The Morgan fingerprint density at radius 2 is 2.07 bits per heavy atom. The average Bonchev–Trinajstić information content (AvgIpc) is 3.34. The molecule has 1 aromatic carbocycles. The zero-order chi connectivity index (χ0) is 19.8. The number of aromatic nitrogens is 4. The fourth-order valence-corrected chi connectivity index (χ4v) is 4.83. The summed E-state index contributed by atoms with van der Waals surface area (Å²) in [6.45, 7) is 3.98. The molecule has 3 aromatic heterocycles. The van der Waals surface area contributed by atoms with E-state index in [9.17, 15) is 4.79 Å². The molecule has 2 N–H and O–H groups in total. The van der Waals surface area contributed by atoms with Gasteiger partial charge in [0, 0.05) is 23.3 Å². The van der Waals surface area contributed by atoms with Crippen LogP contribution in [0.3, 0.4) is 0 Å². The van der Waals surface area contributed by atoms with Crippen LogP contribution in [0.1, 0.15) is 37.0 Å². The molecule has 0 saturated carbocycles. The van der Waals surface area contributed by atoms with Crippen molar-refractivity contribution in [3.63, 3.8) is 0 Å². The number of rotatable bonds is 1. The summed E-state index contributed by atoms with van der Waals surface area (Å²) in [5.74, 6) is 0.722. The number of carbonyl (C=O) groups excluding carboxylic acids is 1. The lowest BCUT2D eigenvalue weighted by molar-refractivity contribution is -0.121. The first-order valence-corrected chi connectivity index (χ1v) is 10.0. The highest BCUT2D eigenvalue weighted by Gasteiger charge is 2.45. The van der Waals surface area contributed by atoms with E-state index in [-0.39, 0.29) is 5.91 Å². The molecule has 0 spiro atoms. The minimum Gasteiger partial charge on any atom is -0.353 e. The minimum atomic E-state index is -0.610. The summed E-state index contributed by atoms with van der Waals surface area (Å²) in [5, 5.41) is 8.69. The number of benzene rings is 1. The molecular formula is C23H21N5O. The maximum Gasteiger partial charge on any atom is 0.242 e. The Morgan fingerprint density at radius 3 is 2.90 bits per heavy atom. The number of anilines is 2. The zero-order valence-corrected chi connectivity index (χ0v) is 16.4. The first-order valence-electron chi connectivity index (χ1n) is 10.0. The van der Waals surface area contributed by atoms with Crippen LogP contribution in [0.4, 0.5) is 11.5 Å². The van der Waals surface area contributed by atoms with Gasteiger partial charge in [0.25, 0.3) is 0 Å². The van der Waals surface area contributed by atoms with Crippen LogP contribution in [0, 0.1) is 0 Å². The average molecular weight is 383 g/mol. The molecule has 144 valence electrons. The van der Waals surface area contributed by atoms with E-state index in [0.717, 1.165) is 47.4 Å². The van der Waals surface area contributed by atoms with Gasteiger partial charge in [-0.3, -0.25) is 14.8 Å². The molecule has 0 unspecified atom stereocenters. The van der Waals surface area contributed by atoms with Gasteiger partial charge in [0.1, 0.15) is 11.5 Å². The number of fused-ring (bicyclic) bond motifs is 6. The van der Waals surface area contributed by atoms with Gasteiger partial charge in [0.15, 0.2) is 0 Å². The Balaban J connectivity index is 1.63. The molecule has 6 rings (SSSR count). The zero-order valence-electron chi connectivity index (χ0n) is 16.4. The summed E-state index contributed by atoms with van der Waals surface area (Å²) in [4.78, 5) is 23.1. The molecule has 4 heterocycles.